The summed E-state index contributed by atoms with van der Waals surface area (Å²) in [5.41, 5.74) is 1.42. The van der Waals surface area contributed by atoms with Crippen LogP contribution in [0.15, 0.2) is 52.8 Å². The molecular formula is C24H32N4O2S. The Morgan fingerprint density at radius 3 is 2.84 bits per heavy atom. The molecule has 1 N–H and O–H groups in total. The van der Waals surface area contributed by atoms with Gasteiger partial charge in [-0.2, -0.15) is 11.8 Å². The van der Waals surface area contributed by atoms with E-state index in [4.69, 9.17) is 9.40 Å². The molecule has 1 aliphatic heterocycles. The molecule has 3 heterocycles. The van der Waals surface area contributed by atoms with Crippen molar-refractivity contribution < 1.29 is 9.21 Å². The van der Waals surface area contributed by atoms with Crippen molar-refractivity contribution in [1.82, 2.24) is 14.9 Å². The molecule has 0 spiro atoms. The predicted molar refractivity (Wildman–Crippen MR) is 127 cm³/mol. The largest absolute Gasteiger partial charge is 0.467 e. The number of rotatable bonds is 6. The summed E-state index contributed by atoms with van der Waals surface area (Å²) in [5, 5.41) is 3.31. The Morgan fingerprint density at radius 2 is 2.19 bits per heavy atom. The van der Waals surface area contributed by atoms with Gasteiger partial charge in [0, 0.05) is 29.7 Å². The third-order valence-electron chi connectivity index (χ3n) is 5.17. The van der Waals surface area contributed by atoms with E-state index in [0.717, 1.165) is 22.8 Å². The van der Waals surface area contributed by atoms with Crippen LogP contribution in [0, 0.1) is 0 Å². The van der Waals surface area contributed by atoms with Gasteiger partial charge in [0.15, 0.2) is 0 Å². The molecule has 1 aliphatic rings. The number of amides is 1. The van der Waals surface area contributed by atoms with E-state index in [1.54, 1.807) is 12.5 Å². The van der Waals surface area contributed by atoms with Gasteiger partial charge in [-0.05, 0) is 31.6 Å². The number of hydrogen-bond donors (Lipinski definition) is 1. The molecule has 1 atom stereocenters. The fourth-order valence-corrected chi connectivity index (χ4v) is 4.58. The lowest BCUT2D eigenvalue weighted by atomic mass is 9.95. The summed E-state index contributed by atoms with van der Waals surface area (Å²) in [6, 6.07) is 3.78. The van der Waals surface area contributed by atoms with E-state index >= 15 is 0 Å². The Balaban J connectivity index is 1.95. The summed E-state index contributed by atoms with van der Waals surface area (Å²) in [6.07, 6.45) is 9.51. The monoisotopic (exact) mass is 440 g/mol. The number of nitrogens with one attached hydrogen (secondary N) is 1. The maximum absolute atomic E-state index is 13.7. The number of nitrogens with zero attached hydrogens (tertiary/aromatic N) is 3. The summed E-state index contributed by atoms with van der Waals surface area (Å²) < 4.78 is 5.44. The first-order chi connectivity index (χ1) is 14.8. The average Bonchev–Trinajstić information content (AvgIpc) is 3.28. The smallest absolute Gasteiger partial charge is 0.259 e. The molecule has 0 aromatic carbocycles. The molecule has 7 heteroatoms. The molecule has 0 aliphatic carbocycles. The van der Waals surface area contributed by atoms with E-state index in [1.807, 2.05) is 48.7 Å². The highest BCUT2D eigenvalue weighted by Crippen LogP contribution is 2.28. The Labute approximate surface area is 189 Å². The molecular weight excluding hydrogens is 408 g/mol. The average molecular weight is 441 g/mol. The van der Waals surface area contributed by atoms with Gasteiger partial charge in [0.25, 0.3) is 5.91 Å². The zero-order valence-electron chi connectivity index (χ0n) is 19.0. The van der Waals surface area contributed by atoms with Gasteiger partial charge in [0.2, 0.25) is 0 Å². The summed E-state index contributed by atoms with van der Waals surface area (Å²) in [6.45, 7) is 11.4. The van der Waals surface area contributed by atoms with E-state index < -0.39 is 0 Å². The van der Waals surface area contributed by atoms with Gasteiger partial charge in [0.1, 0.15) is 23.0 Å². The SMILES string of the molecule is C/C=C\C(=C/C)C1CSCCN1C(=O)c1cnc(C(C)(C)C)nc1NCc1ccco1. The minimum Gasteiger partial charge on any atom is -0.467 e. The highest BCUT2D eigenvalue weighted by Gasteiger charge is 2.32. The van der Waals surface area contributed by atoms with Crippen molar-refractivity contribution in [2.75, 3.05) is 23.4 Å². The van der Waals surface area contributed by atoms with Gasteiger partial charge in [-0.25, -0.2) is 9.97 Å². The molecule has 2 aromatic heterocycles. The van der Waals surface area contributed by atoms with Gasteiger partial charge in [-0.15, -0.1) is 0 Å². The van der Waals surface area contributed by atoms with E-state index in [2.05, 4.69) is 43.2 Å². The van der Waals surface area contributed by atoms with Crippen LogP contribution >= 0.6 is 11.8 Å². The molecule has 166 valence electrons. The zero-order chi connectivity index (χ0) is 22.4. The van der Waals surface area contributed by atoms with E-state index in [9.17, 15) is 4.79 Å². The summed E-state index contributed by atoms with van der Waals surface area (Å²) in [5.74, 6) is 3.78. The number of carbonyl (C=O) groups is 1. The Morgan fingerprint density at radius 1 is 1.39 bits per heavy atom. The predicted octanol–water partition coefficient (Wildman–Crippen LogP) is 5.06. The summed E-state index contributed by atoms with van der Waals surface area (Å²) in [7, 11) is 0. The zero-order valence-corrected chi connectivity index (χ0v) is 19.8. The van der Waals surface area contributed by atoms with Crippen LogP contribution in [0.5, 0.6) is 0 Å². The van der Waals surface area contributed by atoms with E-state index in [0.29, 0.717) is 30.3 Å². The van der Waals surface area contributed by atoms with Crippen LogP contribution in [0.1, 0.15) is 56.6 Å². The van der Waals surface area contributed by atoms with E-state index in [-0.39, 0.29) is 17.4 Å². The van der Waals surface area contributed by atoms with Crippen molar-refractivity contribution >= 4 is 23.5 Å². The molecule has 2 aromatic rings. The lowest BCUT2D eigenvalue weighted by Gasteiger charge is -2.36. The highest BCUT2D eigenvalue weighted by molar-refractivity contribution is 7.99. The number of hydrogen-bond acceptors (Lipinski definition) is 6. The van der Waals surface area contributed by atoms with E-state index in [1.165, 1.54) is 0 Å². The molecule has 0 bridgehead atoms. The number of allylic oxidation sites excluding steroid dienone is 2. The molecule has 0 radical (unpaired) electrons. The lowest BCUT2D eigenvalue weighted by molar-refractivity contribution is 0.0728. The van der Waals surface area contributed by atoms with Gasteiger partial charge < -0.3 is 14.6 Å². The quantitative estimate of drug-likeness (QED) is 0.633. The topological polar surface area (TPSA) is 71.3 Å². The molecule has 6 nitrogen and oxygen atoms in total. The first-order valence-electron chi connectivity index (χ1n) is 10.7. The minimum absolute atomic E-state index is 0.0349. The molecule has 0 saturated carbocycles. The molecule has 1 unspecified atom stereocenters. The van der Waals surface area contributed by atoms with Gasteiger partial charge >= 0.3 is 0 Å². The lowest BCUT2D eigenvalue weighted by Crippen LogP contribution is -2.47. The van der Waals surface area contributed by atoms with Crippen LogP contribution in [0.2, 0.25) is 0 Å². The van der Waals surface area contributed by atoms with Crippen molar-refractivity contribution in [2.45, 2.75) is 52.6 Å². The van der Waals surface area contributed by atoms with Crippen molar-refractivity contribution in [3.8, 4) is 0 Å². The first-order valence-corrected chi connectivity index (χ1v) is 11.8. The number of anilines is 1. The third kappa shape index (κ3) is 5.58. The van der Waals surface area contributed by atoms with Crippen molar-refractivity contribution in [2.24, 2.45) is 0 Å². The van der Waals surface area contributed by atoms with Crippen LogP contribution in [0.3, 0.4) is 0 Å². The van der Waals surface area contributed by atoms with Crippen LogP contribution in [0.25, 0.3) is 0 Å². The third-order valence-corrected chi connectivity index (χ3v) is 6.19. The fraction of sp³-hybridized carbons (Fsp3) is 0.458. The molecule has 3 rings (SSSR count). The number of carbonyl (C=O) groups excluding carboxylic acids is 1. The van der Waals surface area contributed by atoms with Crippen LogP contribution in [-0.4, -0.2) is 44.9 Å². The Hall–Kier alpha value is -2.54. The summed E-state index contributed by atoms with van der Waals surface area (Å²) in [4.78, 5) is 24.9. The molecule has 1 fully saturated rings. The van der Waals surface area contributed by atoms with Crippen molar-refractivity contribution in [3.63, 3.8) is 0 Å². The van der Waals surface area contributed by atoms with Crippen LogP contribution in [-0.2, 0) is 12.0 Å². The second-order valence-corrected chi connectivity index (χ2v) is 9.67. The van der Waals surface area contributed by atoms with Gasteiger partial charge in [-0.1, -0.05) is 39.0 Å². The Kier molecular flexibility index (Phi) is 7.59. The van der Waals surface area contributed by atoms with Gasteiger partial charge in [-0.3, -0.25) is 4.79 Å². The van der Waals surface area contributed by atoms with Gasteiger partial charge in [0.05, 0.1) is 18.8 Å². The second kappa shape index (κ2) is 10.2. The van der Waals surface area contributed by atoms with Crippen molar-refractivity contribution in [3.05, 3.63) is 65.5 Å². The number of aromatic nitrogens is 2. The minimum atomic E-state index is -0.225. The molecule has 31 heavy (non-hydrogen) atoms. The first kappa shape index (κ1) is 23.1. The van der Waals surface area contributed by atoms with Crippen molar-refractivity contribution in [1.29, 1.82) is 0 Å². The maximum Gasteiger partial charge on any atom is 0.259 e. The number of thioether (sulfide) groups is 1. The molecule has 1 amide bonds. The second-order valence-electron chi connectivity index (χ2n) is 8.52. The summed E-state index contributed by atoms with van der Waals surface area (Å²) >= 11 is 1.88. The maximum atomic E-state index is 13.7. The van der Waals surface area contributed by atoms with Crippen LogP contribution in [0.4, 0.5) is 5.82 Å². The Bertz CT molecular complexity index is 945. The molecule has 1 saturated heterocycles. The fourth-order valence-electron chi connectivity index (χ4n) is 3.49. The number of furan rings is 1. The normalized spacial score (nSPS) is 17.9. The standard InChI is InChI=1S/C24H32N4O2S/c1-6-9-17(7-2)20-16-31-13-11-28(20)22(29)19-15-26-23(24(3,4)5)27-21(19)25-14-18-10-8-12-30-18/h6-10,12,15,20H,11,13-14,16H2,1-5H3,(H,25,26,27)/b9-6-,17-7+. The van der Waals surface area contributed by atoms with Crippen LogP contribution < -0.4 is 5.32 Å². The highest BCUT2D eigenvalue weighted by atomic mass is 32.2.